The van der Waals surface area contributed by atoms with Gasteiger partial charge in [-0.2, -0.15) is 0 Å². The molecule has 0 bridgehead atoms. The standard InChI is InChI=1S/C9H10BrClO/c10-7-6-9(11,12)8-4-2-1-3-5-8/h1-5,12H,6-7H2. The Bertz CT molecular complexity index is 236. The van der Waals surface area contributed by atoms with Gasteiger partial charge in [-0.1, -0.05) is 57.9 Å². The lowest BCUT2D eigenvalue weighted by atomic mass is 10.1. The Morgan fingerprint density at radius 3 is 2.42 bits per heavy atom. The molecule has 1 nitrogen and oxygen atoms in total. The first-order valence-corrected chi connectivity index (χ1v) is 5.19. The molecule has 1 aromatic carbocycles. The van der Waals surface area contributed by atoms with Gasteiger partial charge in [0.05, 0.1) is 0 Å². The van der Waals surface area contributed by atoms with E-state index >= 15 is 0 Å². The highest BCUT2D eigenvalue weighted by Gasteiger charge is 2.24. The first-order valence-electron chi connectivity index (χ1n) is 3.69. The van der Waals surface area contributed by atoms with Crippen LogP contribution in [0.1, 0.15) is 12.0 Å². The Labute approximate surface area is 85.5 Å². The number of alkyl halides is 2. The Balaban J connectivity index is 2.82. The molecular formula is C9H10BrClO. The second kappa shape index (κ2) is 4.26. The lowest BCUT2D eigenvalue weighted by molar-refractivity contribution is 0.126. The van der Waals surface area contributed by atoms with Gasteiger partial charge in [0.1, 0.15) is 0 Å². The van der Waals surface area contributed by atoms with Crippen LogP contribution in [0.15, 0.2) is 30.3 Å². The Morgan fingerprint density at radius 1 is 1.33 bits per heavy atom. The van der Waals surface area contributed by atoms with Crippen LogP contribution in [0, 0.1) is 0 Å². The molecule has 0 aromatic heterocycles. The predicted molar refractivity (Wildman–Crippen MR) is 54.6 cm³/mol. The minimum atomic E-state index is -1.23. The van der Waals surface area contributed by atoms with Crippen LogP contribution in [0.5, 0.6) is 0 Å². The van der Waals surface area contributed by atoms with E-state index < -0.39 is 5.06 Å². The van der Waals surface area contributed by atoms with Gasteiger partial charge in [-0.25, -0.2) is 0 Å². The summed E-state index contributed by atoms with van der Waals surface area (Å²) in [5, 5.41) is 9.17. The maximum atomic E-state index is 9.72. The average Bonchev–Trinajstić information content (AvgIpc) is 2.06. The fourth-order valence-corrected chi connectivity index (χ4v) is 1.99. The summed E-state index contributed by atoms with van der Waals surface area (Å²) in [5.74, 6) is 0. The second-order valence-corrected chi connectivity index (χ2v) is 3.98. The fraction of sp³-hybridized carbons (Fsp3) is 0.333. The van der Waals surface area contributed by atoms with Gasteiger partial charge >= 0.3 is 0 Å². The topological polar surface area (TPSA) is 20.2 Å². The molecule has 0 saturated carbocycles. The minimum Gasteiger partial charge on any atom is -0.371 e. The van der Waals surface area contributed by atoms with Crippen LogP contribution in [0.3, 0.4) is 0 Å². The van der Waals surface area contributed by atoms with E-state index in [1.807, 2.05) is 30.3 Å². The summed E-state index contributed by atoms with van der Waals surface area (Å²) in [6, 6.07) is 9.24. The smallest absolute Gasteiger partial charge is 0.165 e. The number of benzene rings is 1. The van der Waals surface area contributed by atoms with Crippen molar-refractivity contribution in [2.45, 2.75) is 11.5 Å². The molecule has 0 radical (unpaired) electrons. The molecule has 0 heterocycles. The summed E-state index contributed by atoms with van der Waals surface area (Å²) < 4.78 is 0. The van der Waals surface area contributed by atoms with E-state index in [1.165, 1.54) is 0 Å². The van der Waals surface area contributed by atoms with Crippen LogP contribution in [-0.4, -0.2) is 10.4 Å². The predicted octanol–water partition coefficient (Wildman–Crippen LogP) is 2.86. The summed E-state index contributed by atoms with van der Waals surface area (Å²) in [6.07, 6.45) is 0.499. The second-order valence-electron chi connectivity index (χ2n) is 2.56. The number of aliphatic hydroxyl groups is 1. The van der Waals surface area contributed by atoms with Crippen molar-refractivity contribution >= 4 is 27.5 Å². The van der Waals surface area contributed by atoms with E-state index in [0.717, 1.165) is 5.56 Å². The van der Waals surface area contributed by atoms with Crippen molar-refractivity contribution in [2.75, 3.05) is 5.33 Å². The number of halogens is 2. The Morgan fingerprint density at radius 2 is 1.92 bits per heavy atom. The molecule has 1 rings (SSSR count). The van der Waals surface area contributed by atoms with Gasteiger partial charge in [0, 0.05) is 11.8 Å². The monoisotopic (exact) mass is 248 g/mol. The molecule has 0 aliphatic heterocycles. The van der Waals surface area contributed by atoms with Crippen molar-refractivity contribution in [2.24, 2.45) is 0 Å². The zero-order valence-corrected chi connectivity index (χ0v) is 8.85. The first-order chi connectivity index (χ1) is 5.67. The zero-order chi connectivity index (χ0) is 9.03. The molecule has 1 N–H and O–H groups in total. The van der Waals surface area contributed by atoms with Crippen molar-refractivity contribution < 1.29 is 5.11 Å². The third-order valence-corrected chi connectivity index (χ3v) is 2.45. The molecule has 1 atom stereocenters. The highest BCUT2D eigenvalue weighted by molar-refractivity contribution is 9.09. The van der Waals surface area contributed by atoms with Crippen molar-refractivity contribution in [3.8, 4) is 0 Å². The van der Waals surface area contributed by atoms with Crippen molar-refractivity contribution in [3.05, 3.63) is 35.9 Å². The third-order valence-electron chi connectivity index (χ3n) is 1.64. The lowest BCUT2D eigenvalue weighted by Crippen LogP contribution is -2.17. The summed E-state index contributed by atoms with van der Waals surface area (Å²) in [5.41, 5.74) is 0.742. The molecule has 0 saturated heterocycles. The third kappa shape index (κ3) is 2.47. The lowest BCUT2D eigenvalue weighted by Gasteiger charge is -2.19. The quantitative estimate of drug-likeness (QED) is 0.817. The largest absolute Gasteiger partial charge is 0.371 e. The number of hydrogen-bond donors (Lipinski definition) is 1. The maximum absolute atomic E-state index is 9.72. The van der Waals surface area contributed by atoms with Crippen LogP contribution < -0.4 is 0 Å². The van der Waals surface area contributed by atoms with Gasteiger partial charge in [0.15, 0.2) is 5.06 Å². The molecule has 1 aromatic rings. The van der Waals surface area contributed by atoms with E-state index in [2.05, 4.69) is 15.9 Å². The number of rotatable bonds is 3. The Kier molecular flexibility index (Phi) is 3.56. The zero-order valence-electron chi connectivity index (χ0n) is 6.50. The van der Waals surface area contributed by atoms with E-state index in [0.29, 0.717) is 11.8 Å². The van der Waals surface area contributed by atoms with E-state index in [9.17, 15) is 5.11 Å². The molecule has 0 amide bonds. The van der Waals surface area contributed by atoms with E-state index in [4.69, 9.17) is 11.6 Å². The normalized spacial score (nSPS) is 15.6. The molecule has 12 heavy (non-hydrogen) atoms. The first kappa shape index (κ1) is 10.0. The summed E-state index contributed by atoms with van der Waals surface area (Å²) in [4.78, 5) is 0. The highest BCUT2D eigenvalue weighted by Crippen LogP contribution is 2.29. The van der Waals surface area contributed by atoms with Gasteiger partial charge in [-0.3, -0.25) is 0 Å². The van der Waals surface area contributed by atoms with Crippen LogP contribution in [0.2, 0.25) is 0 Å². The SMILES string of the molecule is OC(Cl)(CCBr)c1ccccc1. The van der Waals surface area contributed by atoms with Gasteiger partial charge < -0.3 is 5.11 Å². The molecule has 0 aliphatic carbocycles. The van der Waals surface area contributed by atoms with Crippen molar-refractivity contribution in [1.82, 2.24) is 0 Å². The average molecular weight is 250 g/mol. The van der Waals surface area contributed by atoms with Gasteiger partial charge in [0.2, 0.25) is 0 Å². The molecule has 0 fully saturated rings. The van der Waals surface area contributed by atoms with E-state index in [-0.39, 0.29) is 0 Å². The summed E-state index contributed by atoms with van der Waals surface area (Å²) in [6.45, 7) is 0. The maximum Gasteiger partial charge on any atom is 0.165 e. The van der Waals surface area contributed by atoms with Crippen LogP contribution in [0.25, 0.3) is 0 Å². The Hall–Kier alpha value is -0.0500. The van der Waals surface area contributed by atoms with Crippen LogP contribution in [0.4, 0.5) is 0 Å². The van der Waals surface area contributed by atoms with Gasteiger partial charge in [0.25, 0.3) is 0 Å². The summed E-state index contributed by atoms with van der Waals surface area (Å²) in [7, 11) is 0. The molecular weight excluding hydrogens is 239 g/mol. The molecule has 0 aliphatic rings. The molecule has 0 spiro atoms. The van der Waals surface area contributed by atoms with E-state index in [1.54, 1.807) is 0 Å². The molecule has 66 valence electrons. The van der Waals surface area contributed by atoms with Crippen LogP contribution >= 0.6 is 27.5 Å². The van der Waals surface area contributed by atoms with Gasteiger partial charge in [-0.05, 0) is 5.56 Å². The van der Waals surface area contributed by atoms with Crippen LogP contribution in [-0.2, 0) is 5.06 Å². The molecule has 1 unspecified atom stereocenters. The number of hydrogen-bond acceptors (Lipinski definition) is 1. The van der Waals surface area contributed by atoms with Crippen molar-refractivity contribution in [1.29, 1.82) is 0 Å². The highest BCUT2D eigenvalue weighted by atomic mass is 79.9. The molecule has 3 heteroatoms. The summed E-state index contributed by atoms with van der Waals surface area (Å²) >= 11 is 9.13. The van der Waals surface area contributed by atoms with Gasteiger partial charge in [-0.15, -0.1) is 0 Å². The van der Waals surface area contributed by atoms with Crippen molar-refractivity contribution in [3.63, 3.8) is 0 Å². The fourth-order valence-electron chi connectivity index (χ4n) is 0.963. The minimum absolute atomic E-state index is 0.499.